The van der Waals surface area contributed by atoms with E-state index in [-0.39, 0.29) is 29.8 Å². The van der Waals surface area contributed by atoms with Crippen LogP contribution in [-0.4, -0.2) is 84.5 Å². The van der Waals surface area contributed by atoms with Gasteiger partial charge in [-0.05, 0) is 85.0 Å². The molecule has 1 fully saturated rings. The van der Waals surface area contributed by atoms with E-state index >= 15 is 0 Å². The smallest absolute Gasteiger partial charge is 0.434 e. The molecule has 7 rings (SSSR count). The third-order valence-electron chi connectivity index (χ3n) is 10.7. The quantitative estimate of drug-likeness (QED) is 0.0504. The maximum atomic E-state index is 14.5. The second-order valence-corrected chi connectivity index (χ2v) is 15.1. The number of carbonyl (C=O) groups is 4. The molecular formula is C50H50N6O7. The maximum Gasteiger partial charge on any atom is 0.434 e. The van der Waals surface area contributed by atoms with Crippen LogP contribution < -0.4 is 26.0 Å². The Labute approximate surface area is 366 Å². The number of amides is 4. The van der Waals surface area contributed by atoms with Crippen LogP contribution >= 0.6 is 0 Å². The number of hydrogen-bond acceptors (Lipinski definition) is 8. The van der Waals surface area contributed by atoms with Crippen LogP contribution in [0.15, 0.2) is 158 Å². The number of aromatic hydroxyl groups is 1. The lowest BCUT2D eigenvalue weighted by Crippen LogP contribution is -2.52. The second kappa shape index (κ2) is 21.4. The largest absolute Gasteiger partial charge is 0.508 e. The number of likely N-dealkylation sites (tertiary alicyclic amines) is 1. The number of hydrazine groups is 1. The first kappa shape index (κ1) is 43.6. The summed E-state index contributed by atoms with van der Waals surface area (Å²) in [4.78, 5) is 55.7. The van der Waals surface area contributed by atoms with Gasteiger partial charge in [0.05, 0.1) is 17.9 Å². The van der Waals surface area contributed by atoms with Crippen molar-refractivity contribution in [2.24, 2.45) is 0 Å². The Morgan fingerprint density at radius 2 is 1.25 bits per heavy atom. The first-order valence-electron chi connectivity index (χ1n) is 20.9. The number of nitrogens with zero attached hydrogens (tertiary/aromatic N) is 3. The number of anilines is 3. The summed E-state index contributed by atoms with van der Waals surface area (Å²) in [5, 5.41) is 31.3. The number of carboxylic acid groups (broad SMARTS) is 1. The molecule has 5 N–H and O–H groups in total. The molecule has 0 atom stereocenters. The Morgan fingerprint density at radius 1 is 0.667 bits per heavy atom. The molecule has 0 aliphatic carbocycles. The van der Waals surface area contributed by atoms with E-state index in [9.17, 15) is 29.4 Å². The summed E-state index contributed by atoms with van der Waals surface area (Å²) in [7, 11) is 0. The van der Waals surface area contributed by atoms with Crippen molar-refractivity contribution in [3.05, 3.63) is 169 Å². The van der Waals surface area contributed by atoms with Crippen LogP contribution in [0.3, 0.4) is 0 Å². The van der Waals surface area contributed by atoms with Gasteiger partial charge in [0.1, 0.15) is 11.9 Å². The van der Waals surface area contributed by atoms with Crippen molar-refractivity contribution in [2.75, 3.05) is 54.6 Å². The average Bonchev–Trinajstić information content (AvgIpc) is 3.31. The van der Waals surface area contributed by atoms with Crippen molar-refractivity contribution in [3.63, 3.8) is 0 Å². The van der Waals surface area contributed by atoms with Crippen molar-refractivity contribution in [1.82, 2.24) is 15.5 Å². The molecule has 0 spiro atoms. The summed E-state index contributed by atoms with van der Waals surface area (Å²) in [6.45, 7) is 2.83. The first-order valence-corrected chi connectivity index (χ1v) is 20.9. The van der Waals surface area contributed by atoms with Gasteiger partial charge in [0.25, 0.3) is 5.91 Å². The van der Waals surface area contributed by atoms with Crippen molar-refractivity contribution < 1.29 is 34.1 Å². The van der Waals surface area contributed by atoms with Gasteiger partial charge in [0, 0.05) is 48.6 Å². The third-order valence-corrected chi connectivity index (χ3v) is 10.7. The van der Waals surface area contributed by atoms with Gasteiger partial charge in [-0.25, -0.2) is 9.59 Å². The molecule has 1 saturated heterocycles. The molecule has 1 heterocycles. The molecule has 1 aliphatic rings. The first-order chi connectivity index (χ1) is 30.7. The summed E-state index contributed by atoms with van der Waals surface area (Å²) >= 11 is 0. The second-order valence-electron chi connectivity index (χ2n) is 15.1. The maximum absolute atomic E-state index is 14.5. The zero-order valence-electron chi connectivity index (χ0n) is 34.7. The van der Waals surface area contributed by atoms with Gasteiger partial charge in [0.15, 0.2) is 0 Å². The number of benzene rings is 6. The van der Waals surface area contributed by atoms with E-state index in [0.717, 1.165) is 26.7 Å². The number of phenols is 1. The van der Waals surface area contributed by atoms with E-state index in [1.807, 2.05) is 97.1 Å². The highest BCUT2D eigenvalue weighted by Gasteiger charge is 2.36. The Morgan fingerprint density at radius 3 is 1.87 bits per heavy atom. The molecule has 0 bridgehead atoms. The Balaban J connectivity index is 0.951. The van der Waals surface area contributed by atoms with E-state index in [1.165, 1.54) is 0 Å². The van der Waals surface area contributed by atoms with E-state index in [0.29, 0.717) is 80.1 Å². The number of nitrogens with one attached hydrogen (secondary N) is 3. The highest BCUT2D eigenvalue weighted by molar-refractivity contribution is 6.06. The summed E-state index contributed by atoms with van der Waals surface area (Å²) in [5.41, 5.74) is 5.46. The van der Waals surface area contributed by atoms with Crippen molar-refractivity contribution in [2.45, 2.75) is 25.4 Å². The van der Waals surface area contributed by atoms with Gasteiger partial charge in [0.2, 0.25) is 5.91 Å². The topological polar surface area (TPSA) is 164 Å². The fourth-order valence-corrected chi connectivity index (χ4v) is 7.54. The molecule has 0 saturated carbocycles. The predicted octanol–water partition coefficient (Wildman–Crippen LogP) is 8.43. The average molecular weight is 847 g/mol. The number of para-hydroxylation sites is 2. The molecule has 63 heavy (non-hydrogen) atoms. The summed E-state index contributed by atoms with van der Waals surface area (Å²) in [6.07, 6.45) is -0.948. The number of phenolic OH excluding ortho intramolecular Hbond substituents is 1. The zero-order chi connectivity index (χ0) is 44.0. The number of rotatable bonds is 15. The van der Waals surface area contributed by atoms with Crippen LogP contribution in [0, 0.1) is 0 Å². The molecule has 1 aliphatic heterocycles. The Bertz CT molecular complexity index is 2480. The number of hydrogen-bond donors (Lipinski definition) is 5. The van der Waals surface area contributed by atoms with Crippen LogP contribution in [0.1, 0.15) is 28.8 Å². The number of piperidine rings is 1. The van der Waals surface area contributed by atoms with E-state index in [1.54, 1.807) is 60.7 Å². The molecular weight excluding hydrogens is 797 g/mol. The van der Waals surface area contributed by atoms with E-state index < -0.39 is 18.3 Å². The van der Waals surface area contributed by atoms with Crippen LogP contribution in [0.5, 0.6) is 5.75 Å². The minimum atomic E-state index is -1.36. The Kier molecular flexibility index (Phi) is 14.8. The standard InChI is InChI=1S/C50H50N6O7/c57-41-24-22-36(23-25-41)26-29-51-35-47(58)53-40-17-11-16-39(34-40)48(59)52-30-33-54-31-27-42(28-32-54)63-50(62)56(46-21-10-8-19-44(46)38-14-5-2-6-15-38)55(49(60)61)45-20-9-7-18-43(45)37-12-3-1-4-13-37/h1-25,34,42,51,57H,26-33,35H2,(H,52,59)(H,53,58)(H,60,61). The lowest BCUT2D eigenvalue weighted by atomic mass is 10.0. The monoisotopic (exact) mass is 846 g/mol. The lowest BCUT2D eigenvalue weighted by molar-refractivity contribution is -0.115. The van der Waals surface area contributed by atoms with Gasteiger partial charge >= 0.3 is 12.2 Å². The predicted molar refractivity (Wildman–Crippen MR) is 245 cm³/mol. The molecule has 0 unspecified atom stereocenters. The van der Waals surface area contributed by atoms with Crippen molar-refractivity contribution >= 4 is 41.1 Å². The summed E-state index contributed by atoms with van der Waals surface area (Å²) in [6, 6.07) is 46.9. The van der Waals surface area contributed by atoms with Gasteiger partial charge < -0.3 is 35.8 Å². The number of carbonyl (C=O) groups excluding carboxylic acids is 3. The van der Waals surface area contributed by atoms with Crippen LogP contribution in [-0.2, 0) is 16.0 Å². The number of ether oxygens (including phenoxy) is 1. The van der Waals surface area contributed by atoms with Crippen LogP contribution in [0.25, 0.3) is 22.3 Å². The summed E-state index contributed by atoms with van der Waals surface area (Å²) in [5.74, 6) is -0.291. The molecule has 6 aromatic rings. The molecule has 6 aromatic carbocycles. The van der Waals surface area contributed by atoms with E-state index in [4.69, 9.17) is 4.74 Å². The summed E-state index contributed by atoms with van der Waals surface area (Å²) < 4.78 is 6.18. The lowest BCUT2D eigenvalue weighted by Gasteiger charge is -2.36. The van der Waals surface area contributed by atoms with Crippen LogP contribution in [0.2, 0.25) is 0 Å². The highest BCUT2D eigenvalue weighted by atomic mass is 16.6. The van der Waals surface area contributed by atoms with E-state index in [2.05, 4.69) is 20.9 Å². The normalized spacial score (nSPS) is 12.8. The fourth-order valence-electron chi connectivity index (χ4n) is 7.54. The molecule has 0 aromatic heterocycles. The van der Waals surface area contributed by atoms with Crippen LogP contribution in [0.4, 0.5) is 26.7 Å². The molecule has 13 nitrogen and oxygen atoms in total. The van der Waals surface area contributed by atoms with Crippen molar-refractivity contribution in [1.29, 1.82) is 0 Å². The van der Waals surface area contributed by atoms with Gasteiger partial charge in [-0.15, -0.1) is 0 Å². The molecule has 4 amide bonds. The SMILES string of the molecule is O=C(CNCCc1ccc(O)cc1)Nc1cccc(C(=O)NCCN2CCC(OC(=O)N(c3ccccc3-c3ccccc3)N(C(=O)O)c3ccccc3-c3ccccc3)CC2)c1. The molecule has 13 heteroatoms. The third kappa shape index (κ3) is 11.7. The zero-order valence-corrected chi connectivity index (χ0v) is 34.7. The fraction of sp³-hybridized carbons (Fsp3) is 0.200. The minimum Gasteiger partial charge on any atom is -0.508 e. The van der Waals surface area contributed by atoms with Gasteiger partial charge in [-0.1, -0.05) is 115 Å². The van der Waals surface area contributed by atoms with Crippen molar-refractivity contribution in [3.8, 4) is 28.0 Å². The highest BCUT2D eigenvalue weighted by Crippen LogP contribution is 2.38. The van der Waals surface area contributed by atoms with Gasteiger partial charge in [-0.2, -0.15) is 10.0 Å². The Hall–Kier alpha value is -7.48. The molecule has 0 radical (unpaired) electrons. The minimum absolute atomic E-state index is 0.106. The molecule has 322 valence electrons. The van der Waals surface area contributed by atoms with Gasteiger partial charge in [-0.3, -0.25) is 9.59 Å².